The van der Waals surface area contributed by atoms with Gasteiger partial charge in [-0.1, -0.05) is 48.2 Å². The van der Waals surface area contributed by atoms with Crippen LogP contribution in [0.4, 0.5) is 0 Å². The topological polar surface area (TPSA) is 119 Å². The Kier molecular flexibility index (Phi) is 5.84. The first kappa shape index (κ1) is 19.0. The molecule has 0 radical (unpaired) electrons. The van der Waals surface area contributed by atoms with Crippen molar-refractivity contribution in [2.24, 2.45) is 0 Å². The summed E-state index contributed by atoms with van der Waals surface area (Å²) in [5.41, 5.74) is 3.96. The van der Waals surface area contributed by atoms with E-state index in [0.717, 1.165) is 23.0 Å². The number of rotatable bonds is 7. The zero-order chi connectivity index (χ0) is 19.3. The number of carbonyl (C=O) groups is 1. The van der Waals surface area contributed by atoms with Crippen LogP contribution in [0.5, 0.6) is 0 Å². The molecule has 3 aromatic rings. The normalized spacial score (nSPS) is 11.3. The maximum absolute atomic E-state index is 12.1. The average Bonchev–Trinajstić information content (AvgIpc) is 3.14. The van der Waals surface area contributed by atoms with Gasteiger partial charge in [0.15, 0.2) is 0 Å². The molecule has 0 unspecified atom stereocenters. The highest BCUT2D eigenvalue weighted by atomic mass is 32.2. The summed E-state index contributed by atoms with van der Waals surface area (Å²) >= 11 is 1.09. The van der Waals surface area contributed by atoms with Crippen molar-refractivity contribution in [1.82, 2.24) is 30.5 Å². The molecular formula is C16H16N6O3S2. The summed E-state index contributed by atoms with van der Waals surface area (Å²) < 4.78 is 25.7. The highest BCUT2D eigenvalue weighted by Crippen LogP contribution is 2.20. The quantitative estimate of drug-likeness (QED) is 0.447. The summed E-state index contributed by atoms with van der Waals surface area (Å²) in [5, 5.41) is 11.9. The predicted molar refractivity (Wildman–Crippen MR) is 99.5 cm³/mol. The SMILES string of the molecule is Cc1ccccc1-n1nnnc1SCC(=O)NNS(=O)(=O)c1ccccc1. The number of sulfonamides is 1. The van der Waals surface area contributed by atoms with Gasteiger partial charge in [0.1, 0.15) is 0 Å². The van der Waals surface area contributed by atoms with Crippen LogP contribution in [0.1, 0.15) is 5.56 Å². The number of tetrazole rings is 1. The van der Waals surface area contributed by atoms with Crippen LogP contribution in [0.15, 0.2) is 64.6 Å². The van der Waals surface area contributed by atoms with Crippen molar-refractivity contribution in [3.63, 3.8) is 0 Å². The van der Waals surface area contributed by atoms with Gasteiger partial charge in [-0.25, -0.2) is 8.42 Å². The number of hydrogen-bond acceptors (Lipinski definition) is 7. The van der Waals surface area contributed by atoms with E-state index in [1.807, 2.05) is 31.2 Å². The number of benzene rings is 2. The van der Waals surface area contributed by atoms with E-state index in [1.165, 1.54) is 16.8 Å². The lowest BCUT2D eigenvalue weighted by Crippen LogP contribution is -2.42. The second-order valence-electron chi connectivity index (χ2n) is 5.42. The van der Waals surface area contributed by atoms with Gasteiger partial charge in [0.05, 0.1) is 16.3 Å². The number of thioether (sulfide) groups is 1. The van der Waals surface area contributed by atoms with Crippen molar-refractivity contribution in [2.75, 3.05) is 5.75 Å². The standard InChI is InChI=1S/C16H16N6O3S2/c1-12-7-5-6-10-14(12)22-16(18-19-20-22)26-11-15(23)17-21-27(24,25)13-8-3-2-4-9-13/h2-10,21H,11H2,1H3,(H,17,23). The number of carbonyl (C=O) groups excluding carboxylic acids is 1. The molecule has 11 heteroatoms. The largest absolute Gasteiger partial charge is 0.277 e. The molecule has 0 aliphatic heterocycles. The van der Waals surface area contributed by atoms with Crippen LogP contribution in [0.2, 0.25) is 0 Å². The molecule has 0 aliphatic rings. The first-order valence-electron chi connectivity index (χ1n) is 7.80. The fourth-order valence-electron chi connectivity index (χ4n) is 2.17. The van der Waals surface area contributed by atoms with E-state index in [4.69, 9.17) is 0 Å². The molecule has 0 aliphatic carbocycles. The van der Waals surface area contributed by atoms with Crippen LogP contribution >= 0.6 is 11.8 Å². The van der Waals surface area contributed by atoms with Crippen LogP contribution < -0.4 is 10.3 Å². The summed E-state index contributed by atoms with van der Waals surface area (Å²) in [6.07, 6.45) is 0. The van der Waals surface area contributed by atoms with E-state index >= 15 is 0 Å². The van der Waals surface area contributed by atoms with Gasteiger partial charge in [-0.2, -0.15) is 4.68 Å². The monoisotopic (exact) mass is 404 g/mol. The number of hydrazine groups is 1. The molecule has 9 nitrogen and oxygen atoms in total. The van der Waals surface area contributed by atoms with Crippen molar-refractivity contribution >= 4 is 27.7 Å². The minimum absolute atomic E-state index is 0.0569. The third-order valence-electron chi connectivity index (χ3n) is 3.50. The molecule has 140 valence electrons. The lowest BCUT2D eigenvalue weighted by molar-refractivity contribution is -0.119. The van der Waals surface area contributed by atoms with Crippen molar-refractivity contribution < 1.29 is 13.2 Å². The smallest absolute Gasteiger partial charge is 0.257 e. The Morgan fingerprint density at radius 2 is 1.81 bits per heavy atom. The van der Waals surface area contributed by atoms with E-state index in [0.29, 0.717) is 5.16 Å². The molecular weight excluding hydrogens is 388 g/mol. The Morgan fingerprint density at radius 1 is 1.11 bits per heavy atom. The minimum Gasteiger partial charge on any atom is -0.277 e. The Hall–Kier alpha value is -2.76. The third kappa shape index (κ3) is 4.70. The molecule has 3 rings (SSSR count). The fraction of sp³-hybridized carbons (Fsp3) is 0.125. The second-order valence-corrected chi connectivity index (χ2v) is 8.04. The van der Waals surface area contributed by atoms with Crippen LogP contribution in [-0.4, -0.2) is 40.3 Å². The average molecular weight is 404 g/mol. The molecule has 0 fully saturated rings. The van der Waals surface area contributed by atoms with Crippen molar-refractivity contribution in [2.45, 2.75) is 17.0 Å². The van der Waals surface area contributed by atoms with Gasteiger partial charge in [-0.15, -0.1) is 9.93 Å². The molecule has 0 atom stereocenters. The van der Waals surface area contributed by atoms with Gasteiger partial charge < -0.3 is 0 Å². The molecule has 0 saturated heterocycles. The summed E-state index contributed by atoms with van der Waals surface area (Å²) in [6.45, 7) is 1.93. The van der Waals surface area contributed by atoms with Crippen LogP contribution in [0.3, 0.4) is 0 Å². The number of nitrogens with zero attached hydrogens (tertiary/aromatic N) is 4. The van der Waals surface area contributed by atoms with Crippen molar-refractivity contribution in [3.05, 3.63) is 60.2 Å². The Morgan fingerprint density at radius 3 is 2.56 bits per heavy atom. The van der Waals surface area contributed by atoms with E-state index in [9.17, 15) is 13.2 Å². The highest BCUT2D eigenvalue weighted by Gasteiger charge is 2.16. The van der Waals surface area contributed by atoms with E-state index in [-0.39, 0.29) is 10.6 Å². The van der Waals surface area contributed by atoms with E-state index in [1.54, 1.807) is 18.2 Å². The molecule has 0 spiro atoms. The predicted octanol–water partition coefficient (Wildman–Crippen LogP) is 1.07. The van der Waals surface area contributed by atoms with Gasteiger partial charge in [0.2, 0.25) is 11.1 Å². The van der Waals surface area contributed by atoms with Crippen LogP contribution in [-0.2, 0) is 14.8 Å². The maximum atomic E-state index is 12.1. The minimum atomic E-state index is -3.82. The molecule has 0 saturated carbocycles. The summed E-state index contributed by atoms with van der Waals surface area (Å²) in [5.74, 6) is -0.595. The van der Waals surface area contributed by atoms with E-state index < -0.39 is 15.9 Å². The summed E-state index contributed by atoms with van der Waals surface area (Å²) in [4.78, 5) is 14.1. The van der Waals surface area contributed by atoms with Gasteiger partial charge >= 0.3 is 0 Å². The number of aromatic nitrogens is 4. The molecule has 27 heavy (non-hydrogen) atoms. The van der Waals surface area contributed by atoms with Gasteiger partial charge in [0.25, 0.3) is 10.0 Å². The number of nitrogens with one attached hydrogen (secondary N) is 2. The zero-order valence-corrected chi connectivity index (χ0v) is 15.9. The van der Waals surface area contributed by atoms with Gasteiger partial charge in [-0.3, -0.25) is 10.2 Å². The Labute approximate surface area is 160 Å². The van der Waals surface area contributed by atoms with Crippen LogP contribution in [0.25, 0.3) is 5.69 Å². The Bertz CT molecular complexity index is 1040. The second kappa shape index (κ2) is 8.29. The van der Waals surface area contributed by atoms with Crippen LogP contribution in [0, 0.1) is 6.92 Å². The first-order valence-corrected chi connectivity index (χ1v) is 10.3. The van der Waals surface area contributed by atoms with Crippen molar-refractivity contribution in [1.29, 1.82) is 0 Å². The molecule has 2 aromatic carbocycles. The molecule has 1 aromatic heterocycles. The van der Waals surface area contributed by atoms with E-state index in [2.05, 4.69) is 25.8 Å². The lowest BCUT2D eigenvalue weighted by atomic mass is 10.2. The molecule has 1 amide bonds. The first-order chi connectivity index (χ1) is 13.0. The number of aryl methyl sites for hydroxylation is 1. The fourth-order valence-corrected chi connectivity index (χ4v) is 3.74. The van der Waals surface area contributed by atoms with Gasteiger partial charge in [0, 0.05) is 0 Å². The number of amides is 1. The zero-order valence-electron chi connectivity index (χ0n) is 14.2. The lowest BCUT2D eigenvalue weighted by Gasteiger charge is -2.09. The molecule has 0 bridgehead atoms. The third-order valence-corrected chi connectivity index (χ3v) is 5.68. The number of hydrogen-bond donors (Lipinski definition) is 2. The molecule has 2 N–H and O–H groups in total. The van der Waals surface area contributed by atoms with Crippen molar-refractivity contribution in [3.8, 4) is 5.69 Å². The van der Waals surface area contributed by atoms with Gasteiger partial charge in [-0.05, 0) is 41.1 Å². The highest BCUT2D eigenvalue weighted by molar-refractivity contribution is 7.99. The maximum Gasteiger partial charge on any atom is 0.257 e. The summed E-state index contributed by atoms with van der Waals surface area (Å²) in [6, 6.07) is 15.3. The molecule has 1 heterocycles. The summed E-state index contributed by atoms with van der Waals surface area (Å²) in [7, 11) is -3.82. The number of para-hydroxylation sites is 1. The Balaban J connectivity index is 1.60.